The molecule has 0 amide bonds. The lowest BCUT2D eigenvalue weighted by molar-refractivity contribution is -0.167. The van der Waals surface area contributed by atoms with Crippen molar-refractivity contribution in [2.75, 3.05) is 13.2 Å². The van der Waals surface area contributed by atoms with Gasteiger partial charge in [0.25, 0.3) is 0 Å². The number of carbonyl (C=O) groups is 3. The normalized spacial score (nSPS) is 12.1. The molecule has 0 bridgehead atoms. The summed E-state index contributed by atoms with van der Waals surface area (Å²) >= 11 is 0. The molecule has 0 rings (SSSR count). The van der Waals surface area contributed by atoms with Gasteiger partial charge in [0.15, 0.2) is 6.10 Å². The molecule has 0 aromatic heterocycles. The predicted octanol–water partition coefficient (Wildman–Crippen LogP) is 17.5. The molecule has 0 aliphatic heterocycles. The third kappa shape index (κ3) is 48.8. The van der Waals surface area contributed by atoms with Crippen LogP contribution in [0.15, 0.2) is 24.3 Å². The second kappa shape index (κ2) is 50.5. The van der Waals surface area contributed by atoms with Crippen LogP contribution in [0.2, 0.25) is 0 Å². The molecule has 0 heterocycles. The Morgan fingerprint density at radius 2 is 0.541 bits per heavy atom. The fourth-order valence-electron chi connectivity index (χ4n) is 7.84. The van der Waals surface area contributed by atoms with E-state index in [9.17, 15) is 14.4 Å². The highest BCUT2D eigenvalue weighted by molar-refractivity contribution is 5.71. The van der Waals surface area contributed by atoms with E-state index in [1.54, 1.807) is 0 Å². The van der Waals surface area contributed by atoms with Crippen LogP contribution >= 0.6 is 0 Å². The zero-order valence-corrected chi connectivity index (χ0v) is 40.9. The summed E-state index contributed by atoms with van der Waals surface area (Å²) in [4.78, 5) is 37.9. The minimum atomic E-state index is -0.771. The number of hydrogen-bond donors (Lipinski definition) is 0. The van der Waals surface area contributed by atoms with Crippen LogP contribution in [0.5, 0.6) is 0 Å². The largest absolute Gasteiger partial charge is 0.462 e. The van der Waals surface area contributed by atoms with Crippen LogP contribution in [0.4, 0.5) is 0 Å². The Morgan fingerprint density at radius 1 is 0.311 bits per heavy atom. The molecule has 0 spiro atoms. The van der Waals surface area contributed by atoms with Crippen molar-refractivity contribution in [3.05, 3.63) is 24.3 Å². The van der Waals surface area contributed by atoms with Crippen molar-refractivity contribution in [3.8, 4) is 0 Å². The maximum Gasteiger partial charge on any atom is 0.306 e. The molecule has 6 nitrogen and oxygen atoms in total. The van der Waals surface area contributed by atoms with Crippen molar-refractivity contribution in [1.29, 1.82) is 0 Å². The molecule has 0 N–H and O–H groups in total. The van der Waals surface area contributed by atoms with E-state index in [2.05, 4.69) is 45.1 Å². The Balaban J connectivity index is 4.29. The van der Waals surface area contributed by atoms with E-state index in [1.165, 1.54) is 186 Å². The van der Waals surface area contributed by atoms with Crippen LogP contribution in [0.1, 0.15) is 290 Å². The highest BCUT2D eigenvalue weighted by Gasteiger charge is 2.19. The van der Waals surface area contributed by atoms with Gasteiger partial charge in [0.1, 0.15) is 13.2 Å². The lowest BCUT2D eigenvalue weighted by Gasteiger charge is -2.18. The number of esters is 3. The van der Waals surface area contributed by atoms with Crippen LogP contribution in [-0.2, 0) is 28.6 Å². The first-order valence-corrected chi connectivity index (χ1v) is 26.8. The van der Waals surface area contributed by atoms with E-state index in [1.807, 2.05) is 0 Å². The summed E-state index contributed by atoms with van der Waals surface area (Å²) < 4.78 is 16.8. The number of ether oxygens (including phenoxy) is 3. The van der Waals surface area contributed by atoms with Gasteiger partial charge in [-0.25, -0.2) is 0 Å². The Labute approximate surface area is 379 Å². The van der Waals surface area contributed by atoms with Crippen LogP contribution in [0, 0.1) is 0 Å². The van der Waals surface area contributed by atoms with Crippen LogP contribution in [0.25, 0.3) is 0 Å². The summed E-state index contributed by atoms with van der Waals surface area (Å²) in [6.45, 7) is 6.63. The molecule has 1 unspecified atom stereocenters. The van der Waals surface area contributed by atoms with E-state index in [0.717, 1.165) is 64.2 Å². The van der Waals surface area contributed by atoms with Crippen molar-refractivity contribution < 1.29 is 28.6 Å². The molecule has 0 saturated heterocycles. The van der Waals surface area contributed by atoms with Crippen molar-refractivity contribution in [1.82, 2.24) is 0 Å². The Kier molecular flexibility index (Phi) is 48.8. The van der Waals surface area contributed by atoms with E-state index in [-0.39, 0.29) is 31.1 Å². The summed E-state index contributed by atoms with van der Waals surface area (Å²) in [5, 5.41) is 0. The van der Waals surface area contributed by atoms with E-state index < -0.39 is 6.10 Å². The first-order chi connectivity index (χ1) is 30.0. The molecular formula is C55H102O6. The van der Waals surface area contributed by atoms with Gasteiger partial charge in [-0.15, -0.1) is 0 Å². The third-order valence-corrected chi connectivity index (χ3v) is 11.9. The van der Waals surface area contributed by atoms with E-state index in [4.69, 9.17) is 14.2 Å². The molecule has 0 aliphatic rings. The summed E-state index contributed by atoms with van der Waals surface area (Å²) in [5.74, 6) is -0.870. The van der Waals surface area contributed by atoms with Gasteiger partial charge in [0.2, 0.25) is 0 Å². The van der Waals surface area contributed by atoms with Crippen molar-refractivity contribution in [3.63, 3.8) is 0 Å². The topological polar surface area (TPSA) is 78.9 Å². The van der Waals surface area contributed by atoms with E-state index in [0.29, 0.717) is 19.3 Å². The second-order valence-corrected chi connectivity index (χ2v) is 18.1. The molecule has 6 heteroatoms. The molecule has 0 radical (unpaired) electrons. The quantitative estimate of drug-likeness (QED) is 0.0262. The van der Waals surface area contributed by atoms with Crippen LogP contribution in [-0.4, -0.2) is 37.2 Å². The van der Waals surface area contributed by atoms with Crippen molar-refractivity contribution in [2.45, 2.75) is 297 Å². The second-order valence-electron chi connectivity index (χ2n) is 18.1. The molecule has 0 aromatic carbocycles. The van der Waals surface area contributed by atoms with E-state index >= 15 is 0 Å². The number of allylic oxidation sites excluding steroid dienone is 4. The monoisotopic (exact) mass is 859 g/mol. The minimum absolute atomic E-state index is 0.0715. The zero-order chi connectivity index (χ0) is 44.4. The van der Waals surface area contributed by atoms with Crippen molar-refractivity contribution >= 4 is 17.9 Å². The smallest absolute Gasteiger partial charge is 0.306 e. The van der Waals surface area contributed by atoms with Gasteiger partial charge in [-0.2, -0.15) is 0 Å². The average molecular weight is 859 g/mol. The van der Waals surface area contributed by atoms with Gasteiger partial charge in [0.05, 0.1) is 0 Å². The molecule has 1 atom stereocenters. The zero-order valence-electron chi connectivity index (χ0n) is 40.9. The number of carbonyl (C=O) groups excluding carboxylic acids is 3. The molecule has 358 valence electrons. The highest BCUT2D eigenvalue weighted by Crippen LogP contribution is 2.16. The van der Waals surface area contributed by atoms with Gasteiger partial charge < -0.3 is 14.2 Å². The SMILES string of the molecule is CCCCCC/C=C\CCCCCCCC(=O)OC(COC(=O)CCCCCCCCCCC/C=C\CCCCCCCC)COC(=O)CCCCCCCCCCCCC. The van der Waals surface area contributed by atoms with Gasteiger partial charge >= 0.3 is 17.9 Å². The maximum absolute atomic E-state index is 12.8. The molecule has 0 aromatic rings. The molecule has 0 aliphatic carbocycles. The predicted molar refractivity (Wildman–Crippen MR) is 261 cm³/mol. The van der Waals surface area contributed by atoms with Crippen molar-refractivity contribution in [2.24, 2.45) is 0 Å². The average Bonchev–Trinajstić information content (AvgIpc) is 3.26. The first kappa shape index (κ1) is 58.9. The Bertz CT molecular complexity index is 989. The van der Waals surface area contributed by atoms with Crippen LogP contribution in [0.3, 0.4) is 0 Å². The number of unbranched alkanes of at least 4 members (excludes halogenated alkanes) is 34. The molecular weight excluding hydrogens is 757 g/mol. The number of hydrogen-bond acceptors (Lipinski definition) is 6. The van der Waals surface area contributed by atoms with Gasteiger partial charge in [-0.1, -0.05) is 225 Å². The van der Waals surface area contributed by atoms with Gasteiger partial charge in [0, 0.05) is 19.3 Å². The molecule has 0 fully saturated rings. The fourth-order valence-corrected chi connectivity index (χ4v) is 7.84. The summed E-state index contributed by atoms with van der Waals surface area (Å²) in [6.07, 6.45) is 57.3. The Hall–Kier alpha value is -2.11. The summed E-state index contributed by atoms with van der Waals surface area (Å²) in [7, 11) is 0. The standard InChI is InChI=1S/C55H102O6/c1-4-7-10-13-16-19-22-24-25-26-27-28-29-31-33-36-39-42-45-48-54(57)60-51-52(50-59-53(56)47-44-41-38-35-32-21-18-15-12-9-6-3)61-55(58)49-46-43-40-37-34-30-23-20-17-14-11-8-5-2/h20,23-25,52H,4-19,21-22,26-51H2,1-3H3/b23-20-,25-24-. The molecule has 61 heavy (non-hydrogen) atoms. The Morgan fingerprint density at radius 3 is 0.836 bits per heavy atom. The summed E-state index contributed by atoms with van der Waals surface area (Å²) in [6, 6.07) is 0. The highest BCUT2D eigenvalue weighted by atomic mass is 16.6. The lowest BCUT2D eigenvalue weighted by Crippen LogP contribution is -2.30. The molecule has 0 saturated carbocycles. The first-order valence-electron chi connectivity index (χ1n) is 26.8. The van der Waals surface area contributed by atoms with Gasteiger partial charge in [-0.05, 0) is 70.6 Å². The van der Waals surface area contributed by atoms with Gasteiger partial charge in [-0.3, -0.25) is 14.4 Å². The number of rotatable bonds is 49. The summed E-state index contributed by atoms with van der Waals surface area (Å²) in [5.41, 5.74) is 0. The maximum atomic E-state index is 12.8. The lowest BCUT2D eigenvalue weighted by atomic mass is 10.1. The minimum Gasteiger partial charge on any atom is -0.462 e. The third-order valence-electron chi connectivity index (χ3n) is 11.9. The van der Waals surface area contributed by atoms with Crippen LogP contribution < -0.4 is 0 Å². The fraction of sp³-hybridized carbons (Fsp3) is 0.873.